The lowest BCUT2D eigenvalue weighted by atomic mass is 10.1. The van der Waals surface area contributed by atoms with Gasteiger partial charge < -0.3 is 9.47 Å². The van der Waals surface area contributed by atoms with Crippen LogP contribution in [0.4, 0.5) is 0 Å². The number of benzene rings is 3. The number of fused-ring (bicyclic) bond motifs is 1. The van der Waals surface area contributed by atoms with Crippen LogP contribution in [0.25, 0.3) is 22.3 Å². The van der Waals surface area contributed by atoms with Crippen molar-refractivity contribution < 1.29 is 9.47 Å². The maximum absolute atomic E-state index is 13.4. The van der Waals surface area contributed by atoms with Crippen molar-refractivity contribution in [1.82, 2.24) is 9.66 Å². The molecule has 0 aliphatic carbocycles. The molecule has 0 N–H and O–H groups in total. The zero-order chi connectivity index (χ0) is 24.5. The highest BCUT2D eigenvalue weighted by atomic mass is 79.9. The van der Waals surface area contributed by atoms with Gasteiger partial charge in [-0.25, -0.2) is 4.98 Å². The van der Waals surface area contributed by atoms with Gasteiger partial charge in [0.15, 0.2) is 17.3 Å². The molecule has 34 heavy (non-hydrogen) atoms. The van der Waals surface area contributed by atoms with Crippen LogP contribution < -0.4 is 15.0 Å². The number of para-hydroxylation sites is 1. The number of halogens is 2. The molecule has 0 fully saturated rings. The van der Waals surface area contributed by atoms with Gasteiger partial charge in [0.1, 0.15) is 10.6 Å². The molecule has 4 aromatic rings. The molecule has 0 unspecified atom stereocenters. The van der Waals surface area contributed by atoms with Gasteiger partial charge in [-0.05, 0) is 54.9 Å². The lowest BCUT2D eigenvalue weighted by Crippen LogP contribution is -2.23. The molecular weight excluding hydrogens is 518 g/mol. The largest absolute Gasteiger partial charge is 0.493 e. The standard InChI is InChI=1S/C26H23BrClN3O3/c1-26(2,3)34-23-20(33-4)14-17(21(27)22(23)28)15-29-31-24(16-10-6-5-7-11-16)30-19-13-9-8-12-18(19)25(31)32/h5-15H,1-4H3. The van der Waals surface area contributed by atoms with E-state index in [-0.39, 0.29) is 5.56 Å². The van der Waals surface area contributed by atoms with E-state index in [2.05, 4.69) is 21.0 Å². The Labute approximate surface area is 210 Å². The van der Waals surface area contributed by atoms with Gasteiger partial charge in [0.25, 0.3) is 5.56 Å². The zero-order valence-corrected chi connectivity index (χ0v) is 21.5. The Bertz CT molecular complexity index is 1440. The molecule has 0 saturated carbocycles. The summed E-state index contributed by atoms with van der Waals surface area (Å²) in [6, 6.07) is 18.4. The van der Waals surface area contributed by atoms with Crippen molar-refractivity contribution in [2.24, 2.45) is 5.10 Å². The molecule has 0 aliphatic rings. The topological polar surface area (TPSA) is 65.7 Å². The molecule has 0 bridgehead atoms. The number of nitrogens with zero attached hydrogens (tertiary/aromatic N) is 3. The summed E-state index contributed by atoms with van der Waals surface area (Å²) in [5.41, 5.74) is 1.24. The quantitative estimate of drug-likeness (QED) is 0.269. The zero-order valence-electron chi connectivity index (χ0n) is 19.2. The smallest absolute Gasteiger partial charge is 0.282 e. The normalized spacial score (nSPS) is 11.8. The van der Waals surface area contributed by atoms with Crippen LogP contribution in [0.15, 0.2) is 75.0 Å². The third-order valence-electron chi connectivity index (χ3n) is 4.88. The molecule has 0 spiro atoms. The fourth-order valence-electron chi connectivity index (χ4n) is 3.38. The van der Waals surface area contributed by atoms with E-state index < -0.39 is 5.60 Å². The molecule has 6 nitrogen and oxygen atoms in total. The average molecular weight is 541 g/mol. The summed E-state index contributed by atoms with van der Waals surface area (Å²) in [4.78, 5) is 18.1. The van der Waals surface area contributed by atoms with Crippen LogP contribution in [-0.2, 0) is 0 Å². The molecule has 0 amide bonds. The third kappa shape index (κ3) is 4.86. The summed E-state index contributed by atoms with van der Waals surface area (Å²) in [5.74, 6) is 1.31. The number of ether oxygens (including phenoxy) is 2. The van der Waals surface area contributed by atoms with Crippen LogP contribution in [0, 0.1) is 0 Å². The van der Waals surface area contributed by atoms with Crippen molar-refractivity contribution in [2.45, 2.75) is 26.4 Å². The van der Waals surface area contributed by atoms with Crippen LogP contribution in [0.3, 0.4) is 0 Å². The Kier molecular flexibility index (Phi) is 6.77. The summed E-state index contributed by atoms with van der Waals surface area (Å²) >= 11 is 10.1. The highest BCUT2D eigenvalue weighted by Crippen LogP contribution is 2.43. The van der Waals surface area contributed by atoms with E-state index in [1.807, 2.05) is 63.2 Å². The number of hydrogen-bond donors (Lipinski definition) is 0. The summed E-state index contributed by atoms with van der Waals surface area (Å²) in [5, 5.41) is 5.34. The minimum Gasteiger partial charge on any atom is -0.493 e. The van der Waals surface area contributed by atoms with E-state index in [0.717, 1.165) is 5.56 Å². The second kappa shape index (κ2) is 9.60. The summed E-state index contributed by atoms with van der Waals surface area (Å²) in [6.45, 7) is 5.78. The first-order chi connectivity index (χ1) is 16.2. The molecule has 3 aromatic carbocycles. The van der Waals surface area contributed by atoms with Gasteiger partial charge in [-0.1, -0.05) is 54.1 Å². The number of aromatic nitrogens is 2. The van der Waals surface area contributed by atoms with Gasteiger partial charge in [0.05, 0.1) is 24.2 Å². The molecule has 8 heteroatoms. The van der Waals surface area contributed by atoms with E-state index in [1.54, 1.807) is 31.5 Å². The van der Waals surface area contributed by atoms with Crippen molar-refractivity contribution in [3.8, 4) is 22.9 Å². The van der Waals surface area contributed by atoms with Gasteiger partial charge in [-0.15, -0.1) is 0 Å². The van der Waals surface area contributed by atoms with Gasteiger partial charge in [0.2, 0.25) is 0 Å². The summed E-state index contributed by atoms with van der Waals surface area (Å²) in [6.07, 6.45) is 1.55. The Hall–Kier alpha value is -3.16. The summed E-state index contributed by atoms with van der Waals surface area (Å²) < 4.78 is 13.4. The van der Waals surface area contributed by atoms with Crippen molar-refractivity contribution in [2.75, 3.05) is 7.11 Å². The Morgan fingerprint density at radius 3 is 2.44 bits per heavy atom. The average Bonchev–Trinajstić information content (AvgIpc) is 2.82. The predicted octanol–water partition coefficient (Wildman–Crippen LogP) is 6.55. The van der Waals surface area contributed by atoms with E-state index in [0.29, 0.717) is 43.3 Å². The summed E-state index contributed by atoms with van der Waals surface area (Å²) in [7, 11) is 1.54. The maximum atomic E-state index is 13.4. The minimum absolute atomic E-state index is 0.275. The number of methoxy groups -OCH3 is 1. The van der Waals surface area contributed by atoms with Gasteiger partial charge in [0, 0.05) is 15.6 Å². The fourth-order valence-corrected chi connectivity index (χ4v) is 4.01. The Balaban J connectivity index is 1.88. The van der Waals surface area contributed by atoms with Gasteiger partial charge >= 0.3 is 0 Å². The van der Waals surface area contributed by atoms with Crippen molar-refractivity contribution in [3.05, 3.63) is 86.1 Å². The molecular formula is C26H23BrClN3O3. The van der Waals surface area contributed by atoms with Crippen LogP contribution in [0.2, 0.25) is 5.02 Å². The first kappa shape index (κ1) is 24.0. The lowest BCUT2D eigenvalue weighted by molar-refractivity contribution is 0.125. The highest BCUT2D eigenvalue weighted by molar-refractivity contribution is 9.10. The molecule has 0 radical (unpaired) electrons. The van der Waals surface area contributed by atoms with Crippen LogP contribution in [0.1, 0.15) is 26.3 Å². The van der Waals surface area contributed by atoms with Crippen molar-refractivity contribution in [1.29, 1.82) is 0 Å². The molecule has 0 saturated heterocycles. The van der Waals surface area contributed by atoms with Crippen LogP contribution in [-0.4, -0.2) is 28.6 Å². The number of rotatable bonds is 5. The Morgan fingerprint density at radius 2 is 1.76 bits per heavy atom. The maximum Gasteiger partial charge on any atom is 0.282 e. The van der Waals surface area contributed by atoms with E-state index >= 15 is 0 Å². The molecule has 174 valence electrons. The molecule has 1 heterocycles. The molecule has 4 rings (SSSR count). The fraction of sp³-hybridized carbons (Fsp3) is 0.192. The van der Waals surface area contributed by atoms with Gasteiger partial charge in [-0.3, -0.25) is 4.79 Å². The first-order valence-corrected chi connectivity index (χ1v) is 11.7. The Morgan fingerprint density at radius 1 is 1.09 bits per heavy atom. The van der Waals surface area contributed by atoms with Gasteiger partial charge in [-0.2, -0.15) is 9.78 Å². The van der Waals surface area contributed by atoms with Crippen LogP contribution >= 0.6 is 27.5 Å². The molecule has 0 aliphatic heterocycles. The van der Waals surface area contributed by atoms with E-state index in [1.165, 1.54) is 4.68 Å². The second-order valence-corrected chi connectivity index (χ2v) is 9.69. The highest BCUT2D eigenvalue weighted by Gasteiger charge is 2.22. The predicted molar refractivity (Wildman–Crippen MR) is 141 cm³/mol. The van der Waals surface area contributed by atoms with Crippen LogP contribution in [0.5, 0.6) is 11.5 Å². The molecule has 1 aromatic heterocycles. The first-order valence-electron chi connectivity index (χ1n) is 10.6. The van der Waals surface area contributed by atoms with Crippen molar-refractivity contribution >= 4 is 44.6 Å². The second-order valence-electron chi connectivity index (χ2n) is 8.52. The van der Waals surface area contributed by atoms with E-state index in [9.17, 15) is 4.79 Å². The minimum atomic E-state index is -0.472. The monoisotopic (exact) mass is 539 g/mol. The SMILES string of the molecule is COc1cc(C=Nn2c(-c3ccccc3)nc3ccccc3c2=O)c(Br)c(Cl)c1OC(C)(C)C. The third-order valence-corrected chi connectivity index (χ3v) is 6.33. The molecule has 0 atom stereocenters. The van der Waals surface area contributed by atoms with E-state index in [4.69, 9.17) is 26.1 Å². The number of hydrogen-bond acceptors (Lipinski definition) is 5. The van der Waals surface area contributed by atoms with Crippen molar-refractivity contribution in [3.63, 3.8) is 0 Å². The lowest BCUT2D eigenvalue weighted by Gasteiger charge is -2.24.